The zero-order valence-electron chi connectivity index (χ0n) is 14.3. The number of nitrogens with zero attached hydrogens (tertiary/aromatic N) is 3. The number of benzene rings is 1. The van der Waals surface area contributed by atoms with Crippen molar-refractivity contribution in [3.63, 3.8) is 0 Å². The van der Waals surface area contributed by atoms with Gasteiger partial charge >= 0.3 is 0 Å². The van der Waals surface area contributed by atoms with E-state index in [-0.39, 0.29) is 5.56 Å². The topological polar surface area (TPSA) is 46.8 Å². The maximum Gasteiger partial charge on any atom is 0.258 e. The van der Waals surface area contributed by atoms with E-state index in [0.717, 1.165) is 30.8 Å². The second kappa shape index (κ2) is 6.69. The minimum atomic E-state index is -0.0270. The zero-order chi connectivity index (χ0) is 17.2. The average Bonchev–Trinajstić information content (AvgIpc) is 3.10. The van der Waals surface area contributed by atoms with Gasteiger partial charge in [0.15, 0.2) is 0 Å². The van der Waals surface area contributed by atoms with Gasteiger partial charge in [-0.15, -0.1) is 0 Å². The molecule has 3 aromatic rings. The highest BCUT2D eigenvalue weighted by atomic mass is 16.5. The summed E-state index contributed by atoms with van der Waals surface area (Å²) in [7, 11) is 1.68. The lowest BCUT2D eigenvalue weighted by atomic mass is 10.0. The van der Waals surface area contributed by atoms with Crippen molar-refractivity contribution in [2.45, 2.75) is 25.4 Å². The fraction of sp³-hybridized carbons (Fsp3) is 0.300. The van der Waals surface area contributed by atoms with Crippen LogP contribution in [0.25, 0.3) is 5.65 Å². The highest BCUT2D eigenvalue weighted by Gasteiger charge is 2.26. The number of methoxy groups -OCH3 is 1. The van der Waals surface area contributed by atoms with Gasteiger partial charge in [-0.05, 0) is 49.2 Å². The summed E-state index contributed by atoms with van der Waals surface area (Å²) < 4.78 is 6.83. The molecule has 25 heavy (non-hydrogen) atoms. The lowest BCUT2D eigenvalue weighted by Gasteiger charge is -2.24. The number of hydrogen-bond donors (Lipinski definition) is 0. The number of fused-ring (bicyclic) bond motifs is 1. The monoisotopic (exact) mass is 335 g/mol. The van der Waals surface area contributed by atoms with E-state index in [1.807, 2.05) is 30.3 Å². The SMILES string of the molecule is COc1ccc([C@@H]2CCCN2Cc2cc(=O)n3ccccc3n2)cc1. The summed E-state index contributed by atoms with van der Waals surface area (Å²) in [5.41, 5.74) is 2.79. The van der Waals surface area contributed by atoms with Crippen molar-refractivity contribution < 1.29 is 4.74 Å². The van der Waals surface area contributed by atoms with Crippen molar-refractivity contribution in [2.75, 3.05) is 13.7 Å². The Balaban J connectivity index is 1.59. The molecule has 1 aliphatic rings. The van der Waals surface area contributed by atoms with E-state index in [0.29, 0.717) is 18.2 Å². The molecule has 3 heterocycles. The molecule has 0 amide bonds. The summed E-state index contributed by atoms with van der Waals surface area (Å²) in [5, 5.41) is 0. The molecule has 0 radical (unpaired) electrons. The molecule has 1 saturated heterocycles. The normalized spacial score (nSPS) is 17.9. The van der Waals surface area contributed by atoms with E-state index in [2.05, 4.69) is 22.0 Å². The Morgan fingerprint density at radius 2 is 2.04 bits per heavy atom. The fourth-order valence-corrected chi connectivity index (χ4v) is 3.61. The summed E-state index contributed by atoms with van der Waals surface area (Å²) in [5.74, 6) is 0.873. The van der Waals surface area contributed by atoms with Crippen LogP contribution in [0.1, 0.15) is 30.1 Å². The number of likely N-dealkylation sites (tertiary alicyclic amines) is 1. The van der Waals surface area contributed by atoms with Crippen molar-refractivity contribution in [3.05, 3.63) is 76.3 Å². The molecule has 2 aromatic heterocycles. The van der Waals surface area contributed by atoms with Gasteiger partial charge in [0.25, 0.3) is 5.56 Å². The van der Waals surface area contributed by atoms with E-state index >= 15 is 0 Å². The summed E-state index contributed by atoms with van der Waals surface area (Å²) in [6.45, 7) is 1.71. The fourth-order valence-electron chi connectivity index (χ4n) is 3.61. The van der Waals surface area contributed by atoms with E-state index in [1.54, 1.807) is 23.8 Å². The van der Waals surface area contributed by atoms with E-state index < -0.39 is 0 Å². The molecule has 1 fully saturated rings. The summed E-state index contributed by atoms with van der Waals surface area (Å²) in [6, 6.07) is 15.9. The van der Waals surface area contributed by atoms with Gasteiger partial charge < -0.3 is 4.74 Å². The molecule has 0 saturated carbocycles. The average molecular weight is 335 g/mol. The van der Waals surface area contributed by atoms with Crippen molar-refractivity contribution in [3.8, 4) is 5.75 Å². The number of hydrogen-bond acceptors (Lipinski definition) is 4. The quantitative estimate of drug-likeness (QED) is 0.735. The first kappa shape index (κ1) is 15.8. The summed E-state index contributed by atoms with van der Waals surface area (Å²) in [6.07, 6.45) is 4.03. The Hall–Kier alpha value is -2.66. The maximum atomic E-state index is 12.3. The predicted octanol–water partition coefficient (Wildman–Crippen LogP) is 3.04. The third-order valence-electron chi connectivity index (χ3n) is 4.85. The van der Waals surface area contributed by atoms with Crippen molar-refractivity contribution in [1.82, 2.24) is 14.3 Å². The first-order chi connectivity index (χ1) is 12.2. The Labute approximate surface area is 146 Å². The molecule has 0 N–H and O–H groups in total. The van der Waals surface area contributed by atoms with E-state index in [9.17, 15) is 4.79 Å². The van der Waals surface area contributed by atoms with Gasteiger partial charge in [0.05, 0.1) is 12.8 Å². The number of rotatable bonds is 4. The second-order valence-electron chi connectivity index (χ2n) is 6.42. The molecule has 0 spiro atoms. The van der Waals surface area contributed by atoms with Crippen LogP contribution in [0.15, 0.2) is 59.5 Å². The molecule has 0 unspecified atom stereocenters. The number of ether oxygens (including phenoxy) is 1. The first-order valence-corrected chi connectivity index (χ1v) is 8.60. The van der Waals surface area contributed by atoms with Crippen LogP contribution in [0, 0.1) is 0 Å². The van der Waals surface area contributed by atoms with Gasteiger partial charge in [0.2, 0.25) is 0 Å². The van der Waals surface area contributed by atoms with Crippen LogP contribution < -0.4 is 10.3 Å². The molecule has 0 bridgehead atoms. The van der Waals surface area contributed by atoms with Crippen LogP contribution in [-0.4, -0.2) is 27.9 Å². The molecule has 1 atom stereocenters. The molecular formula is C20H21N3O2. The Morgan fingerprint density at radius 1 is 1.20 bits per heavy atom. The van der Waals surface area contributed by atoms with Crippen LogP contribution in [-0.2, 0) is 6.54 Å². The molecule has 1 aliphatic heterocycles. The van der Waals surface area contributed by atoms with Crippen LogP contribution in [0.5, 0.6) is 5.75 Å². The largest absolute Gasteiger partial charge is 0.497 e. The number of aromatic nitrogens is 2. The van der Waals surface area contributed by atoms with E-state index in [1.165, 1.54) is 5.56 Å². The van der Waals surface area contributed by atoms with Crippen LogP contribution >= 0.6 is 0 Å². The van der Waals surface area contributed by atoms with Crippen LogP contribution in [0.3, 0.4) is 0 Å². The van der Waals surface area contributed by atoms with E-state index in [4.69, 9.17) is 4.74 Å². The lowest BCUT2D eigenvalue weighted by Crippen LogP contribution is -2.25. The molecule has 128 valence electrons. The highest BCUT2D eigenvalue weighted by Crippen LogP contribution is 2.33. The first-order valence-electron chi connectivity index (χ1n) is 8.60. The third kappa shape index (κ3) is 3.15. The van der Waals surface area contributed by atoms with Crippen LogP contribution in [0.4, 0.5) is 0 Å². The Bertz CT molecular complexity index is 934. The highest BCUT2D eigenvalue weighted by molar-refractivity contribution is 5.38. The maximum absolute atomic E-state index is 12.3. The minimum Gasteiger partial charge on any atom is -0.497 e. The minimum absolute atomic E-state index is 0.0270. The third-order valence-corrected chi connectivity index (χ3v) is 4.85. The Kier molecular flexibility index (Phi) is 4.24. The lowest BCUT2D eigenvalue weighted by molar-refractivity contribution is 0.245. The van der Waals surface area contributed by atoms with Gasteiger partial charge in [0, 0.05) is 24.8 Å². The standard InChI is InChI=1S/C20H21N3O2/c1-25-17-9-7-15(8-10-17)18-5-4-11-22(18)14-16-13-20(24)23-12-3-2-6-19(23)21-16/h2-3,6-10,12-13,18H,4-5,11,14H2,1H3/t18-/m0/s1. The van der Waals surface area contributed by atoms with Crippen molar-refractivity contribution in [2.24, 2.45) is 0 Å². The van der Waals surface area contributed by atoms with Crippen LogP contribution in [0.2, 0.25) is 0 Å². The van der Waals surface area contributed by atoms with Gasteiger partial charge in [0.1, 0.15) is 11.4 Å². The molecule has 5 heteroatoms. The number of pyridine rings is 1. The molecule has 0 aliphatic carbocycles. The van der Waals surface area contributed by atoms with Gasteiger partial charge in [-0.2, -0.15) is 0 Å². The molecule has 1 aromatic carbocycles. The second-order valence-corrected chi connectivity index (χ2v) is 6.42. The molecular weight excluding hydrogens is 314 g/mol. The van der Waals surface area contributed by atoms with Crippen molar-refractivity contribution >= 4 is 5.65 Å². The van der Waals surface area contributed by atoms with Gasteiger partial charge in [-0.1, -0.05) is 18.2 Å². The Morgan fingerprint density at radius 3 is 2.84 bits per heavy atom. The van der Waals surface area contributed by atoms with Crippen molar-refractivity contribution in [1.29, 1.82) is 0 Å². The molecule has 5 nitrogen and oxygen atoms in total. The summed E-state index contributed by atoms with van der Waals surface area (Å²) in [4.78, 5) is 19.3. The summed E-state index contributed by atoms with van der Waals surface area (Å²) >= 11 is 0. The smallest absolute Gasteiger partial charge is 0.258 e. The molecule has 4 rings (SSSR count). The predicted molar refractivity (Wildman–Crippen MR) is 96.8 cm³/mol. The zero-order valence-corrected chi connectivity index (χ0v) is 14.3. The van der Waals surface area contributed by atoms with Gasteiger partial charge in [-0.3, -0.25) is 14.1 Å². The van der Waals surface area contributed by atoms with Gasteiger partial charge in [-0.25, -0.2) is 4.98 Å².